The van der Waals surface area contributed by atoms with E-state index in [0.717, 1.165) is 11.1 Å². The minimum absolute atomic E-state index is 0.119. The van der Waals surface area contributed by atoms with Crippen molar-refractivity contribution < 1.29 is 29.7 Å². The molecule has 0 aromatic heterocycles. The molecule has 0 saturated carbocycles. The third-order valence-electron chi connectivity index (χ3n) is 3.77. The third kappa shape index (κ3) is 9.96. The fourth-order valence-corrected chi connectivity index (χ4v) is 2.05. The van der Waals surface area contributed by atoms with Crippen LogP contribution in [0.2, 0.25) is 0 Å². The summed E-state index contributed by atoms with van der Waals surface area (Å²) in [6, 6.07) is -0.877. The molecule has 7 heteroatoms. The summed E-state index contributed by atoms with van der Waals surface area (Å²) >= 11 is 0. The number of amides is 1. The molecule has 0 heterocycles. The molecule has 0 aromatic rings. The van der Waals surface area contributed by atoms with E-state index in [0.29, 0.717) is 5.57 Å². The molecule has 7 nitrogen and oxygen atoms in total. The van der Waals surface area contributed by atoms with Crippen molar-refractivity contribution >= 4 is 17.8 Å². The van der Waals surface area contributed by atoms with E-state index in [-0.39, 0.29) is 12.8 Å². The maximum absolute atomic E-state index is 11.4. The highest BCUT2D eigenvalue weighted by molar-refractivity contribution is 6.31. The largest absolute Gasteiger partial charge is 0.479 e. The Morgan fingerprint density at radius 1 is 1.07 bits per heavy atom. The average Bonchev–Trinajstić information content (AvgIpc) is 2.61. The zero-order chi connectivity index (χ0) is 21.0. The molecule has 0 radical (unpaired) electrons. The van der Waals surface area contributed by atoms with Crippen LogP contribution in [0.5, 0.6) is 0 Å². The Bertz CT molecular complexity index is 685. The van der Waals surface area contributed by atoms with Gasteiger partial charge in [-0.3, -0.25) is 4.79 Å². The molecular weight excluding hydrogens is 350 g/mol. The fourth-order valence-electron chi connectivity index (χ4n) is 2.05. The van der Waals surface area contributed by atoms with E-state index in [1.165, 1.54) is 6.08 Å². The van der Waals surface area contributed by atoms with Gasteiger partial charge in [0, 0.05) is 12.5 Å². The van der Waals surface area contributed by atoms with Gasteiger partial charge in [0.15, 0.2) is 6.10 Å². The molecule has 2 unspecified atom stereocenters. The van der Waals surface area contributed by atoms with Crippen molar-refractivity contribution in [2.45, 2.75) is 45.8 Å². The first-order valence-corrected chi connectivity index (χ1v) is 8.36. The van der Waals surface area contributed by atoms with Gasteiger partial charge < -0.3 is 20.6 Å². The highest BCUT2D eigenvalue weighted by atomic mass is 16.4. The molecule has 4 N–H and O–H groups in total. The second-order valence-corrected chi connectivity index (χ2v) is 5.94. The van der Waals surface area contributed by atoms with E-state index in [4.69, 9.17) is 10.2 Å². The van der Waals surface area contributed by atoms with E-state index in [1.54, 1.807) is 6.08 Å². The van der Waals surface area contributed by atoms with Gasteiger partial charge in [-0.05, 0) is 43.9 Å². The number of carboxylic acid groups (broad SMARTS) is 2. The summed E-state index contributed by atoms with van der Waals surface area (Å²) in [4.78, 5) is 33.0. The molecule has 0 aliphatic carbocycles. The highest BCUT2D eigenvalue weighted by Gasteiger charge is 2.24. The predicted molar refractivity (Wildman–Crippen MR) is 103 cm³/mol. The Labute approximate surface area is 159 Å². The molecule has 0 spiro atoms. The SMILES string of the molecule is C=C\C(=C/C=C(C)/C(C)=C/C=C\C)CC(CC(O)C(=O)O)NC(=O)C(=O)O. The highest BCUT2D eigenvalue weighted by Crippen LogP contribution is 2.15. The second-order valence-electron chi connectivity index (χ2n) is 5.94. The standard InChI is InChI=1S/C20H27NO6/c1-5-7-8-13(3)14(4)9-10-15(6-2)11-16(12-17(22)19(24)25)21-18(23)20(26)27/h5-10,16-17,22H,2,11-12H2,1,3-4H3,(H,21,23)(H,24,25)(H,26,27)/b7-5-,13-8+,14-9+,15-10+. The van der Waals surface area contributed by atoms with Crippen LogP contribution in [0.25, 0.3) is 0 Å². The second kappa shape index (κ2) is 12.4. The van der Waals surface area contributed by atoms with Crippen LogP contribution in [-0.4, -0.2) is 45.3 Å². The van der Waals surface area contributed by atoms with E-state index < -0.39 is 30.0 Å². The minimum atomic E-state index is -1.72. The quantitative estimate of drug-likeness (QED) is 0.342. The molecule has 2 atom stereocenters. The summed E-state index contributed by atoms with van der Waals surface area (Å²) in [6.45, 7) is 9.47. The van der Waals surface area contributed by atoms with Gasteiger partial charge in [0.05, 0.1) is 0 Å². The van der Waals surface area contributed by atoms with Crippen LogP contribution in [0, 0.1) is 0 Å². The Balaban J connectivity index is 5.42. The molecule has 0 saturated heterocycles. The van der Waals surface area contributed by atoms with E-state index >= 15 is 0 Å². The number of aliphatic carboxylic acids is 2. The zero-order valence-corrected chi connectivity index (χ0v) is 15.8. The topological polar surface area (TPSA) is 124 Å². The number of aliphatic hydroxyl groups is 1. The van der Waals surface area contributed by atoms with Crippen molar-refractivity contribution in [1.82, 2.24) is 5.32 Å². The molecule has 148 valence electrons. The monoisotopic (exact) mass is 377 g/mol. The van der Waals surface area contributed by atoms with Crippen LogP contribution in [0.1, 0.15) is 33.6 Å². The maximum atomic E-state index is 11.4. The number of hydrogen-bond donors (Lipinski definition) is 4. The lowest BCUT2D eigenvalue weighted by molar-refractivity contribution is -0.151. The van der Waals surface area contributed by atoms with Crippen LogP contribution >= 0.6 is 0 Å². The summed E-state index contributed by atoms with van der Waals surface area (Å²) in [5, 5.41) is 29.3. The van der Waals surface area contributed by atoms with Crippen molar-refractivity contribution in [1.29, 1.82) is 0 Å². The number of carboxylic acids is 2. The smallest absolute Gasteiger partial charge is 0.394 e. The van der Waals surface area contributed by atoms with Crippen LogP contribution in [0.3, 0.4) is 0 Å². The Morgan fingerprint density at radius 2 is 1.67 bits per heavy atom. The Morgan fingerprint density at radius 3 is 2.15 bits per heavy atom. The normalized spacial score (nSPS) is 15.3. The molecule has 0 rings (SSSR count). The first kappa shape index (κ1) is 24.1. The number of hydrogen-bond acceptors (Lipinski definition) is 4. The van der Waals surface area contributed by atoms with E-state index in [2.05, 4.69) is 11.9 Å². The lowest BCUT2D eigenvalue weighted by atomic mass is 9.99. The molecule has 0 aliphatic rings. The van der Waals surface area contributed by atoms with Crippen LogP contribution in [0.4, 0.5) is 0 Å². The lowest BCUT2D eigenvalue weighted by Crippen LogP contribution is -2.42. The number of aliphatic hydroxyl groups excluding tert-OH is 1. The first-order chi connectivity index (χ1) is 12.6. The van der Waals surface area contributed by atoms with Crippen molar-refractivity contribution in [3.8, 4) is 0 Å². The third-order valence-corrected chi connectivity index (χ3v) is 3.77. The van der Waals surface area contributed by atoms with E-state index in [1.807, 2.05) is 45.1 Å². The summed E-state index contributed by atoms with van der Waals surface area (Å²) in [7, 11) is 0. The zero-order valence-electron chi connectivity index (χ0n) is 15.8. The van der Waals surface area contributed by atoms with Crippen molar-refractivity contribution in [2.75, 3.05) is 0 Å². The van der Waals surface area contributed by atoms with Crippen LogP contribution in [0.15, 0.2) is 59.8 Å². The predicted octanol–water partition coefficient (Wildman–Crippen LogP) is 2.36. The number of allylic oxidation sites excluding steroid dienone is 8. The summed E-state index contributed by atoms with van der Waals surface area (Å²) in [6.07, 6.45) is 8.96. The fraction of sp³-hybridized carbons (Fsp3) is 0.350. The van der Waals surface area contributed by atoms with Gasteiger partial charge >= 0.3 is 17.8 Å². The maximum Gasteiger partial charge on any atom is 0.394 e. The first-order valence-electron chi connectivity index (χ1n) is 8.36. The Kier molecular flexibility index (Phi) is 11.1. The molecule has 1 amide bonds. The number of carbonyl (C=O) groups excluding carboxylic acids is 1. The molecule has 27 heavy (non-hydrogen) atoms. The van der Waals surface area contributed by atoms with Crippen LogP contribution in [-0.2, 0) is 14.4 Å². The number of rotatable bonds is 10. The summed E-state index contributed by atoms with van der Waals surface area (Å²) in [5.41, 5.74) is 2.69. The molecule has 0 aliphatic heterocycles. The lowest BCUT2D eigenvalue weighted by Gasteiger charge is -2.19. The number of nitrogens with one attached hydrogen (secondary N) is 1. The summed E-state index contributed by atoms with van der Waals surface area (Å²) in [5.74, 6) is -4.40. The van der Waals surface area contributed by atoms with Gasteiger partial charge in [-0.2, -0.15) is 0 Å². The average molecular weight is 377 g/mol. The van der Waals surface area contributed by atoms with Gasteiger partial charge in [-0.15, -0.1) is 0 Å². The Hall–Kier alpha value is -2.93. The molecule has 0 bridgehead atoms. The van der Waals surface area contributed by atoms with Crippen molar-refractivity contribution in [3.63, 3.8) is 0 Å². The van der Waals surface area contributed by atoms with Crippen molar-refractivity contribution in [2.24, 2.45) is 0 Å². The molecular formula is C20H27NO6. The molecule has 0 aromatic carbocycles. The van der Waals surface area contributed by atoms with Gasteiger partial charge in [0.1, 0.15) is 0 Å². The number of carbonyl (C=O) groups is 3. The van der Waals surface area contributed by atoms with Gasteiger partial charge in [-0.25, -0.2) is 9.59 Å². The van der Waals surface area contributed by atoms with Crippen LogP contribution < -0.4 is 5.32 Å². The van der Waals surface area contributed by atoms with E-state index in [9.17, 15) is 19.5 Å². The minimum Gasteiger partial charge on any atom is -0.479 e. The van der Waals surface area contributed by atoms with Crippen molar-refractivity contribution in [3.05, 3.63) is 59.8 Å². The van der Waals surface area contributed by atoms with Gasteiger partial charge in [0.25, 0.3) is 0 Å². The van der Waals surface area contributed by atoms with Gasteiger partial charge in [-0.1, -0.05) is 43.0 Å². The summed E-state index contributed by atoms with van der Waals surface area (Å²) < 4.78 is 0. The molecule has 0 fully saturated rings. The van der Waals surface area contributed by atoms with Gasteiger partial charge in [0.2, 0.25) is 0 Å².